The highest BCUT2D eigenvalue weighted by Crippen LogP contribution is 2.10. The number of nitrogens with two attached hydrogens (primary N) is 1. The van der Waals surface area contributed by atoms with E-state index >= 15 is 0 Å². The second-order valence-electron chi connectivity index (χ2n) is 4.62. The summed E-state index contributed by atoms with van der Waals surface area (Å²) in [4.78, 5) is 22.8. The third-order valence-corrected chi connectivity index (χ3v) is 3.34. The van der Waals surface area contributed by atoms with Gasteiger partial charge in [0.2, 0.25) is 5.91 Å². The number of hydrogen-bond acceptors (Lipinski definition) is 3. The standard InChI is InChI=1S/C12H24N2O3/c1-5-7(3)9(13)11(15)14-10(12(16)17)8(4)6-2/h7-10H,5-6,13H2,1-4H3,(H,14,15)(H,16,17)/t7?,8-,9-,10-/m0/s1. The van der Waals surface area contributed by atoms with Gasteiger partial charge in [-0.3, -0.25) is 4.79 Å². The Morgan fingerprint density at radius 3 is 2.00 bits per heavy atom. The molecule has 0 bridgehead atoms. The maximum Gasteiger partial charge on any atom is 0.326 e. The number of carbonyl (C=O) groups excluding carboxylic acids is 1. The number of aliphatic carboxylic acids is 1. The fraction of sp³-hybridized carbons (Fsp3) is 0.833. The van der Waals surface area contributed by atoms with E-state index in [9.17, 15) is 9.59 Å². The van der Waals surface area contributed by atoms with Gasteiger partial charge in [0.1, 0.15) is 6.04 Å². The van der Waals surface area contributed by atoms with Crippen molar-refractivity contribution in [2.75, 3.05) is 0 Å². The first-order valence-corrected chi connectivity index (χ1v) is 6.13. The first kappa shape index (κ1) is 15.9. The molecular formula is C12H24N2O3. The van der Waals surface area contributed by atoms with Gasteiger partial charge in [0, 0.05) is 0 Å². The van der Waals surface area contributed by atoms with Gasteiger partial charge in [-0.05, 0) is 11.8 Å². The van der Waals surface area contributed by atoms with Crippen LogP contribution in [-0.2, 0) is 9.59 Å². The van der Waals surface area contributed by atoms with Crippen LogP contribution in [0.2, 0.25) is 0 Å². The number of carboxylic acid groups (broad SMARTS) is 1. The zero-order chi connectivity index (χ0) is 13.6. The molecule has 17 heavy (non-hydrogen) atoms. The van der Waals surface area contributed by atoms with Crippen molar-refractivity contribution in [1.29, 1.82) is 0 Å². The first-order chi connectivity index (χ1) is 7.84. The monoisotopic (exact) mass is 244 g/mol. The van der Waals surface area contributed by atoms with Crippen LogP contribution in [0.3, 0.4) is 0 Å². The van der Waals surface area contributed by atoms with E-state index in [4.69, 9.17) is 10.8 Å². The van der Waals surface area contributed by atoms with Gasteiger partial charge in [-0.1, -0.05) is 40.5 Å². The lowest BCUT2D eigenvalue weighted by molar-refractivity contribution is -0.143. The molecule has 0 rings (SSSR count). The third-order valence-electron chi connectivity index (χ3n) is 3.34. The van der Waals surface area contributed by atoms with Crippen LogP contribution in [0.5, 0.6) is 0 Å². The van der Waals surface area contributed by atoms with Crippen molar-refractivity contribution in [3.05, 3.63) is 0 Å². The van der Waals surface area contributed by atoms with Gasteiger partial charge in [-0.2, -0.15) is 0 Å². The van der Waals surface area contributed by atoms with Gasteiger partial charge in [-0.15, -0.1) is 0 Å². The van der Waals surface area contributed by atoms with Gasteiger partial charge in [0.25, 0.3) is 0 Å². The highest BCUT2D eigenvalue weighted by molar-refractivity contribution is 5.87. The molecule has 0 aliphatic carbocycles. The summed E-state index contributed by atoms with van der Waals surface area (Å²) < 4.78 is 0. The molecular weight excluding hydrogens is 220 g/mol. The molecule has 0 saturated heterocycles. The van der Waals surface area contributed by atoms with Crippen molar-refractivity contribution < 1.29 is 14.7 Å². The van der Waals surface area contributed by atoms with Gasteiger partial charge in [-0.25, -0.2) is 4.79 Å². The fourth-order valence-corrected chi connectivity index (χ4v) is 1.44. The largest absolute Gasteiger partial charge is 0.480 e. The minimum atomic E-state index is -1.01. The molecule has 0 aliphatic rings. The quantitative estimate of drug-likeness (QED) is 0.622. The predicted octanol–water partition coefficient (Wildman–Crippen LogP) is 0.975. The average molecular weight is 244 g/mol. The summed E-state index contributed by atoms with van der Waals surface area (Å²) in [6, 6.07) is -1.51. The van der Waals surface area contributed by atoms with Crippen molar-refractivity contribution in [3.63, 3.8) is 0 Å². The molecule has 1 unspecified atom stereocenters. The number of hydrogen-bond donors (Lipinski definition) is 3. The van der Waals surface area contributed by atoms with E-state index in [2.05, 4.69) is 5.32 Å². The minimum Gasteiger partial charge on any atom is -0.480 e. The van der Waals surface area contributed by atoms with Gasteiger partial charge >= 0.3 is 5.97 Å². The highest BCUT2D eigenvalue weighted by atomic mass is 16.4. The van der Waals surface area contributed by atoms with Crippen LogP contribution in [-0.4, -0.2) is 29.1 Å². The Bertz CT molecular complexity index is 268. The van der Waals surface area contributed by atoms with Crippen LogP contribution in [0.25, 0.3) is 0 Å². The molecule has 0 radical (unpaired) electrons. The molecule has 4 N–H and O–H groups in total. The Morgan fingerprint density at radius 2 is 1.65 bits per heavy atom. The second-order valence-corrected chi connectivity index (χ2v) is 4.62. The lowest BCUT2D eigenvalue weighted by Crippen LogP contribution is -2.52. The number of carbonyl (C=O) groups is 2. The molecule has 0 aromatic rings. The van der Waals surface area contributed by atoms with Crippen molar-refractivity contribution in [2.24, 2.45) is 17.6 Å². The molecule has 0 aliphatic heterocycles. The molecule has 100 valence electrons. The van der Waals surface area contributed by atoms with Crippen molar-refractivity contribution >= 4 is 11.9 Å². The predicted molar refractivity (Wildman–Crippen MR) is 66.5 cm³/mol. The average Bonchev–Trinajstić information content (AvgIpc) is 2.32. The van der Waals surface area contributed by atoms with E-state index in [1.807, 2.05) is 20.8 Å². The smallest absolute Gasteiger partial charge is 0.326 e. The molecule has 4 atom stereocenters. The topological polar surface area (TPSA) is 92.4 Å². The Kier molecular flexibility index (Phi) is 6.80. The number of amides is 1. The SMILES string of the molecule is CCC(C)[C@H](N)C(=O)N[C@H](C(=O)O)[C@@H](C)CC. The fourth-order valence-electron chi connectivity index (χ4n) is 1.44. The van der Waals surface area contributed by atoms with E-state index in [0.717, 1.165) is 6.42 Å². The molecule has 5 heteroatoms. The van der Waals surface area contributed by atoms with Crippen LogP contribution >= 0.6 is 0 Å². The molecule has 0 saturated carbocycles. The van der Waals surface area contributed by atoms with Gasteiger partial charge in [0.15, 0.2) is 0 Å². The molecule has 0 spiro atoms. The summed E-state index contributed by atoms with van der Waals surface area (Å²) in [5.74, 6) is -1.46. The summed E-state index contributed by atoms with van der Waals surface area (Å²) in [6.07, 6.45) is 1.48. The molecule has 0 heterocycles. The van der Waals surface area contributed by atoms with Crippen molar-refractivity contribution in [3.8, 4) is 0 Å². The molecule has 5 nitrogen and oxygen atoms in total. The summed E-state index contributed by atoms with van der Waals surface area (Å²) in [6.45, 7) is 7.51. The van der Waals surface area contributed by atoms with E-state index in [1.165, 1.54) is 0 Å². The Morgan fingerprint density at radius 1 is 1.18 bits per heavy atom. The lowest BCUT2D eigenvalue weighted by Gasteiger charge is -2.24. The molecule has 1 amide bonds. The van der Waals surface area contributed by atoms with Gasteiger partial charge < -0.3 is 16.2 Å². The Balaban J connectivity index is 4.56. The van der Waals surface area contributed by atoms with Crippen LogP contribution in [0, 0.1) is 11.8 Å². The van der Waals surface area contributed by atoms with E-state index in [-0.39, 0.29) is 17.7 Å². The first-order valence-electron chi connectivity index (χ1n) is 6.13. The minimum absolute atomic E-state index is 0.0429. The van der Waals surface area contributed by atoms with Crippen LogP contribution in [0.15, 0.2) is 0 Å². The van der Waals surface area contributed by atoms with Crippen LogP contribution in [0.4, 0.5) is 0 Å². The van der Waals surface area contributed by atoms with Crippen LogP contribution < -0.4 is 11.1 Å². The lowest BCUT2D eigenvalue weighted by atomic mass is 9.96. The third kappa shape index (κ3) is 4.73. The van der Waals surface area contributed by atoms with Crippen molar-refractivity contribution in [2.45, 2.75) is 52.6 Å². The molecule has 0 aromatic heterocycles. The highest BCUT2D eigenvalue weighted by Gasteiger charge is 2.28. The number of nitrogens with one attached hydrogen (secondary N) is 1. The number of carboxylic acids is 1. The summed E-state index contributed by atoms with van der Waals surface area (Å²) in [7, 11) is 0. The zero-order valence-electron chi connectivity index (χ0n) is 11.1. The second kappa shape index (κ2) is 7.27. The van der Waals surface area contributed by atoms with Crippen LogP contribution in [0.1, 0.15) is 40.5 Å². The van der Waals surface area contributed by atoms with E-state index < -0.39 is 18.1 Å². The number of rotatable bonds is 7. The Labute approximate surface area is 103 Å². The molecule has 0 aromatic carbocycles. The normalized spacial score (nSPS) is 17.9. The Hall–Kier alpha value is -1.10. The maximum atomic E-state index is 11.8. The maximum absolute atomic E-state index is 11.8. The van der Waals surface area contributed by atoms with Crippen molar-refractivity contribution in [1.82, 2.24) is 5.32 Å². The summed E-state index contributed by atoms with van der Waals surface area (Å²) >= 11 is 0. The van der Waals surface area contributed by atoms with E-state index in [1.54, 1.807) is 6.92 Å². The molecule has 0 fully saturated rings. The van der Waals surface area contributed by atoms with E-state index in [0.29, 0.717) is 6.42 Å². The van der Waals surface area contributed by atoms with Gasteiger partial charge in [0.05, 0.1) is 6.04 Å². The zero-order valence-corrected chi connectivity index (χ0v) is 11.1. The summed E-state index contributed by atoms with van der Waals surface area (Å²) in [5.41, 5.74) is 5.76. The summed E-state index contributed by atoms with van der Waals surface area (Å²) in [5, 5.41) is 11.6.